The molecule has 1 atom stereocenters. The SMILES string of the molecule is C[C@H](N=[N+]=[N-])c1ccnc(Cl)c1. The third kappa shape index (κ3) is 2.12. The second-order valence-corrected chi connectivity index (χ2v) is 2.68. The molecule has 1 aromatic heterocycles. The lowest BCUT2D eigenvalue weighted by Gasteiger charge is -2.03. The van der Waals surface area contributed by atoms with Gasteiger partial charge in [0.1, 0.15) is 5.15 Å². The van der Waals surface area contributed by atoms with Crippen molar-refractivity contribution >= 4 is 11.6 Å². The Morgan fingerprint density at radius 1 is 1.75 bits per heavy atom. The summed E-state index contributed by atoms with van der Waals surface area (Å²) in [7, 11) is 0. The number of azide groups is 1. The van der Waals surface area contributed by atoms with E-state index in [0.717, 1.165) is 5.56 Å². The maximum Gasteiger partial charge on any atom is 0.129 e. The molecule has 1 aromatic rings. The van der Waals surface area contributed by atoms with Crippen LogP contribution >= 0.6 is 11.6 Å². The molecule has 0 saturated heterocycles. The van der Waals surface area contributed by atoms with Crippen molar-refractivity contribution in [2.45, 2.75) is 13.0 Å². The first-order valence-electron chi connectivity index (χ1n) is 3.39. The minimum Gasteiger partial charge on any atom is -0.245 e. The van der Waals surface area contributed by atoms with Crippen LogP contribution in [0, 0.1) is 0 Å². The maximum absolute atomic E-state index is 8.18. The van der Waals surface area contributed by atoms with Gasteiger partial charge in [0.2, 0.25) is 0 Å². The number of rotatable bonds is 2. The minimum atomic E-state index is -0.199. The number of pyridine rings is 1. The molecule has 0 fully saturated rings. The fraction of sp³-hybridized carbons (Fsp3) is 0.286. The van der Waals surface area contributed by atoms with E-state index in [1.54, 1.807) is 25.3 Å². The van der Waals surface area contributed by atoms with Crippen LogP contribution in [0.2, 0.25) is 5.15 Å². The summed E-state index contributed by atoms with van der Waals surface area (Å²) < 4.78 is 0. The van der Waals surface area contributed by atoms with Gasteiger partial charge in [-0.15, -0.1) is 0 Å². The molecule has 0 radical (unpaired) electrons. The van der Waals surface area contributed by atoms with Gasteiger partial charge < -0.3 is 0 Å². The molecular formula is C7H7ClN4. The molecule has 4 nitrogen and oxygen atoms in total. The quantitative estimate of drug-likeness (QED) is 0.300. The van der Waals surface area contributed by atoms with Crippen LogP contribution in [0.1, 0.15) is 18.5 Å². The van der Waals surface area contributed by atoms with Crippen LogP contribution in [0.25, 0.3) is 10.4 Å². The van der Waals surface area contributed by atoms with E-state index < -0.39 is 0 Å². The Kier molecular flexibility index (Phi) is 2.91. The van der Waals surface area contributed by atoms with Gasteiger partial charge in [-0.05, 0) is 23.2 Å². The van der Waals surface area contributed by atoms with Crippen molar-refractivity contribution in [2.75, 3.05) is 0 Å². The molecule has 0 aliphatic carbocycles. The third-order valence-electron chi connectivity index (χ3n) is 1.46. The molecule has 0 aliphatic rings. The topological polar surface area (TPSA) is 61.7 Å². The monoisotopic (exact) mass is 182 g/mol. The van der Waals surface area contributed by atoms with Gasteiger partial charge in [-0.1, -0.05) is 23.6 Å². The summed E-state index contributed by atoms with van der Waals surface area (Å²) in [6, 6.07) is 3.25. The fourth-order valence-electron chi connectivity index (χ4n) is 0.821. The van der Waals surface area contributed by atoms with Gasteiger partial charge in [-0.25, -0.2) is 4.98 Å². The summed E-state index contributed by atoms with van der Waals surface area (Å²) in [6.45, 7) is 1.80. The Hall–Kier alpha value is -1.25. The number of nitrogens with zero attached hydrogens (tertiary/aromatic N) is 4. The van der Waals surface area contributed by atoms with Gasteiger partial charge in [0.15, 0.2) is 0 Å². The molecule has 0 spiro atoms. The summed E-state index contributed by atoms with van der Waals surface area (Å²) in [5.41, 5.74) is 9.05. The molecule has 0 saturated carbocycles. The van der Waals surface area contributed by atoms with Gasteiger partial charge in [0.05, 0.1) is 6.04 Å². The van der Waals surface area contributed by atoms with Crippen molar-refractivity contribution < 1.29 is 0 Å². The van der Waals surface area contributed by atoms with Gasteiger partial charge in [-0.3, -0.25) is 0 Å². The van der Waals surface area contributed by atoms with Crippen LogP contribution < -0.4 is 0 Å². The van der Waals surface area contributed by atoms with Crippen molar-refractivity contribution in [3.8, 4) is 0 Å². The van der Waals surface area contributed by atoms with Gasteiger partial charge in [0, 0.05) is 11.1 Å². The Morgan fingerprint density at radius 2 is 2.50 bits per heavy atom. The number of halogens is 1. The normalized spacial score (nSPS) is 11.8. The first-order chi connectivity index (χ1) is 5.74. The second kappa shape index (κ2) is 3.95. The molecule has 0 aromatic carbocycles. The van der Waals surface area contributed by atoms with Crippen molar-refractivity contribution in [2.24, 2.45) is 5.11 Å². The molecule has 62 valence electrons. The van der Waals surface area contributed by atoms with Crippen LogP contribution in [0.3, 0.4) is 0 Å². The molecule has 1 rings (SSSR count). The predicted octanol–water partition coefficient (Wildman–Crippen LogP) is 3.11. The van der Waals surface area contributed by atoms with Gasteiger partial charge in [0.25, 0.3) is 0 Å². The lowest BCUT2D eigenvalue weighted by atomic mass is 10.1. The average molecular weight is 183 g/mol. The van der Waals surface area contributed by atoms with E-state index in [1.807, 2.05) is 0 Å². The third-order valence-corrected chi connectivity index (χ3v) is 1.66. The fourth-order valence-corrected chi connectivity index (χ4v) is 1.00. The molecule has 5 heteroatoms. The average Bonchev–Trinajstić information content (AvgIpc) is 2.05. The van der Waals surface area contributed by atoms with Gasteiger partial charge in [-0.2, -0.15) is 0 Å². The Labute approximate surface area is 74.8 Å². The van der Waals surface area contributed by atoms with Crippen LogP contribution in [0.4, 0.5) is 0 Å². The van der Waals surface area contributed by atoms with Crippen LogP contribution in [0.15, 0.2) is 23.4 Å². The molecule has 0 unspecified atom stereocenters. The van der Waals surface area contributed by atoms with Crippen molar-refractivity contribution in [3.05, 3.63) is 39.5 Å². The summed E-state index contributed by atoms with van der Waals surface area (Å²) in [5.74, 6) is 0. The van der Waals surface area contributed by atoms with Crippen molar-refractivity contribution in [1.29, 1.82) is 0 Å². The van der Waals surface area contributed by atoms with Crippen molar-refractivity contribution in [3.63, 3.8) is 0 Å². The summed E-state index contributed by atoms with van der Waals surface area (Å²) in [5, 5.41) is 3.94. The summed E-state index contributed by atoms with van der Waals surface area (Å²) >= 11 is 5.64. The molecule has 12 heavy (non-hydrogen) atoms. The van der Waals surface area contributed by atoms with E-state index in [9.17, 15) is 0 Å². The van der Waals surface area contributed by atoms with Crippen LogP contribution in [-0.2, 0) is 0 Å². The zero-order chi connectivity index (χ0) is 8.97. The first kappa shape index (κ1) is 8.84. The summed E-state index contributed by atoms with van der Waals surface area (Å²) in [6.07, 6.45) is 1.58. The lowest BCUT2D eigenvalue weighted by Crippen LogP contribution is -1.88. The van der Waals surface area contributed by atoms with E-state index in [1.165, 1.54) is 0 Å². The standard InChI is InChI=1S/C7H7ClN4/c1-5(11-12-9)6-2-3-10-7(8)4-6/h2-5H,1H3/t5-/m0/s1. The highest BCUT2D eigenvalue weighted by molar-refractivity contribution is 6.29. The second-order valence-electron chi connectivity index (χ2n) is 2.29. The zero-order valence-corrected chi connectivity index (χ0v) is 7.23. The molecule has 0 aliphatic heterocycles. The first-order valence-corrected chi connectivity index (χ1v) is 3.77. The lowest BCUT2D eigenvalue weighted by molar-refractivity contribution is 0.805. The van der Waals surface area contributed by atoms with Gasteiger partial charge >= 0.3 is 0 Å². The molecule has 0 N–H and O–H groups in total. The minimum absolute atomic E-state index is 0.199. The number of hydrogen-bond donors (Lipinski definition) is 0. The number of hydrogen-bond acceptors (Lipinski definition) is 2. The number of aromatic nitrogens is 1. The van der Waals surface area contributed by atoms with E-state index >= 15 is 0 Å². The predicted molar refractivity (Wildman–Crippen MR) is 46.8 cm³/mol. The Bertz CT molecular complexity index is 319. The largest absolute Gasteiger partial charge is 0.245 e. The molecule has 0 amide bonds. The van der Waals surface area contributed by atoms with Crippen LogP contribution in [-0.4, -0.2) is 4.98 Å². The van der Waals surface area contributed by atoms with E-state index in [-0.39, 0.29) is 6.04 Å². The molecule has 1 heterocycles. The molecular weight excluding hydrogens is 176 g/mol. The highest BCUT2D eigenvalue weighted by Crippen LogP contribution is 2.18. The highest BCUT2D eigenvalue weighted by atomic mass is 35.5. The maximum atomic E-state index is 8.18. The Morgan fingerprint density at radius 3 is 3.08 bits per heavy atom. The van der Waals surface area contributed by atoms with E-state index in [4.69, 9.17) is 17.1 Å². The summed E-state index contributed by atoms with van der Waals surface area (Å²) in [4.78, 5) is 6.52. The van der Waals surface area contributed by atoms with Crippen LogP contribution in [0.5, 0.6) is 0 Å². The smallest absolute Gasteiger partial charge is 0.129 e. The highest BCUT2D eigenvalue weighted by Gasteiger charge is 2.02. The zero-order valence-electron chi connectivity index (χ0n) is 6.48. The van der Waals surface area contributed by atoms with E-state index in [2.05, 4.69) is 15.0 Å². The Balaban J connectivity index is 2.94. The van der Waals surface area contributed by atoms with Crippen molar-refractivity contribution in [1.82, 2.24) is 4.98 Å². The van der Waals surface area contributed by atoms with E-state index in [0.29, 0.717) is 5.15 Å². The molecule has 0 bridgehead atoms.